The summed E-state index contributed by atoms with van der Waals surface area (Å²) >= 11 is 0. The molecule has 3 heterocycles. The molecule has 2 atom stereocenters. The van der Waals surface area contributed by atoms with Crippen molar-refractivity contribution < 1.29 is 23.9 Å². The third-order valence-corrected chi connectivity index (χ3v) is 5.16. The van der Waals surface area contributed by atoms with Gasteiger partial charge in [-0.1, -0.05) is 0 Å². The Morgan fingerprint density at radius 1 is 1.32 bits per heavy atom. The van der Waals surface area contributed by atoms with E-state index in [-0.39, 0.29) is 31.5 Å². The largest absolute Gasteiger partial charge is 0.469 e. The molecule has 1 aromatic rings. The maximum absolute atomic E-state index is 12.6. The summed E-state index contributed by atoms with van der Waals surface area (Å²) in [6.45, 7) is 10.1. The average Bonchev–Trinajstić information content (AvgIpc) is 3.12. The van der Waals surface area contributed by atoms with Crippen molar-refractivity contribution in [2.75, 3.05) is 18.6 Å². The highest BCUT2D eigenvalue weighted by Gasteiger charge is 2.48. The van der Waals surface area contributed by atoms with Crippen LogP contribution in [0.15, 0.2) is 6.20 Å². The lowest BCUT2D eigenvalue weighted by Gasteiger charge is -2.36. The highest BCUT2D eigenvalue weighted by atomic mass is 16.6. The Bertz CT molecular complexity index is 812. The van der Waals surface area contributed by atoms with E-state index in [4.69, 9.17) is 9.47 Å². The Labute approximate surface area is 164 Å². The second-order valence-electron chi connectivity index (χ2n) is 8.82. The summed E-state index contributed by atoms with van der Waals surface area (Å²) in [5.74, 6) is -0.570. The Kier molecular flexibility index (Phi) is 4.89. The van der Waals surface area contributed by atoms with Crippen molar-refractivity contribution in [2.24, 2.45) is 5.41 Å². The number of hydrogen-bond acceptors (Lipinski definition) is 6. The predicted molar refractivity (Wildman–Crippen MR) is 101 cm³/mol. The smallest absolute Gasteiger partial charge is 0.410 e. The number of anilines is 1. The number of ether oxygens (including phenoxy) is 2. The van der Waals surface area contributed by atoms with E-state index in [0.717, 1.165) is 5.69 Å². The van der Waals surface area contributed by atoms with E-state index < -0.39 is 23.1 Å². The quantitative estimate of drug-likeness (QED) is 0.714. The summed E-state index contributed by atoms with van der Waals surface area (Å²) in [6.07, 6.45) is 1.31. The molecule has 0 N–H and O–H groups in total. The highest BCUT2D eigenvalue weighted by Crippen LogP contribution is 2.38. The molecule has 0 radical (unpaired) electrons. The van der Waals surface area contributed by atoms with Gasteiger partial charge in [0.25, 0.3) is 0 Å². The second-order valence-corrected chi connectivity index (χ2v) is 8.82. The maximum Gasteiger partial charge on any atom is 0.410 e. The average molecular weight is 392 g/mol. The van der Waals surface area contributed by atoms with E-state index in [9.17, 15) is 14.4 Å². The molecule has 28 heavy (non-hydrogen) atoms. The number of esters is 1. The molecular weight excluding hydrogens is 364 g/mol. The number of carbonyl (C=O) groups is 3. The van der Waals surface area contributed by atoms with Gasteiger partial charge >= 0.3 is 12.1 Å². The molecular formula is C19H28N4O5. The lowest BCUT2D eigenvalue weighted by atomic mass is 9.90. The third kappa shape index (κ3) is 3.57. The van der Waals surface area contributed by atoms with Gasteiger partial charge in [0.15, 0.2) is 0 Å². The number of fused-ring (bicyclic) bond motifs is 1. The molecule has 3 rings (SSSR count). The van der Waals surface area contributed by atoms with Gasteiger partial charge in [-0.2, -0.15) is 5.10 Å². The molecule has 9 nitrogen and oxygen atoms in total. The van der Waals surface area contributed by atoms with Crippen molar-refractivity contribution in [3.05, 3.63) is 11.9 Å². The molecule has 9 heteroatoms. The van der Waals surface area contributed by atoms with Gasteiger partial charge in [0.2, 0.25) is 5.91 Å². The summed E-state index contributed by atoms with van der Waals surface area (Å²) < 4.78 is 12.2. The minimum absolute atomic E-state index is 0.0798. The molecule has 1 unspecified atom stereocenters. The van der Waals surface area contributed by atoms with Gasteiger partial charge in [-0.05, 0) is 34.6 Å². The topological polar surface area (TPSA) is 94.0 Å². The SMILES string of the molecule is COC(=O)C1(C)CC(=O)N(c2cnn3c2CN(C(=O)OC(C)(C)C)[C@@H](C)C3)C1. The fourth-order valence-electron chi connectivity index (χ4n) is 3.70. The first-order valence-corrected chi connectivity index (χ1v) is 9.38. The number of aromatic nitrogens is 2. The standard InChI is InChI=1S/C19H28N4O5/c1-12-9-23-14(10-21(12)17(26)28-18(2,3)4)13(8-20-23)22-11-19(5,7-15(22)24)16(25)27-6/h8,12H,7,9-11H2,1-6H3/t12-,19?/m0/s1. The van der Waals surface area contributed by atoms with E-state index in [2.05, 4.69) is 5.10 Å². The van der Waals surface area contributed by atoms with Gasteiger partial charge < -0.3 is 14.4 Å². The molecule has 1 fully saturated rings. The van der Waals surface area contributed by atoms with E-state index in [1.165, 1.54) is 7.11 Å². The second kappa shape index (κ2) is 6.79. The summed E-state index contributed by atoms with van der Waals surface area (Å²) in [7, 11) is 1.32. The number of hydrogen-bond donors (Lipinski definition) is 0. The van der Waals surface area contributed by atoms with Crippen molar-refractivity contribution >= 4 is 23.7 Å². The molecule has 2 aliphatic rings. The van der Waals surface area contributed by atoms with E-state index in [1.54, 1.807) is 22.9 Å². The molecule has 0 saturated carbocycles. The summed E-state index contributed by atoms with van der Waals surface area (Å²) in [5, 5.41) is 4.40. The summed E-state index contributed by atoms with van der Waals surface area (Å²) in [4.78, 5) is 40.6. The number of amides is 2. The van der Waals surface area contributed by atoms with Gasteiger partial charge in [0, 0.05) is 13.0 Å². The molecule has 0 bridgehead atoms. The van der Waals surface area contributed by atoms with Gasteiger partial charge in [0.05, 0.1) is 49.2 Å². The zero-order valence-electron chi connectivity index (χ0n) is 17.3. The first kappa shape index (κ1) is 20.2. The molecule has 0 spiro atoms. The molecule has 2 amide bonds. The Morgan fingerprint density at radius 3 is 2.61 bits per heavy atom. The molecule has 1 saturated heterocycles. The normalized spacial score (nSPS) is 24.9. The zero-order chi connectivity index (χ0) is 20.9. The van der Waals surface area contributed by atoms with Crippen LogP contribution < -0.4 is 4.90 Å². The maximum atomic E-state index is 12.6. The number of carbonyl (C=O) groups excluding carboxylic acids is 3. The van der Waals surface area contributed by atoms with Crippen LogP contribution in [0.1, 0.15) is 46.7 Å². The molecule has 2 aliphatic heterocycles. The van der Waals surface area contributed by atoms with Crippen molar-refractivity contribution in [3.63, 3.8) is 0 Å². The van der Waals surface area contributed by atoms with Crippen LogP contribution in [0.5, 0.6) is 0 Å². The van der Waals surface area contributed by atoms with Crippen LogP contribution in [0.25, 0.3) is 0 Å². The minimum atomic E-state index is -0.895. The highest BCUT2D eigenvalue weighted by molar-refractivity contribution is 6.01. The number of nitrogens with zero attached hydrogens (tertiary/aromatic N) is 4. The Hall–Kier alpha value is -2.58. The van der Waals surface area contributed by atoms with Crippen LogP contribution in [-0.2, 0) is 32.2 Å². The predicted octanol–water partition coefficient (Wildman–Crippen LogP) is 1.94. The third-order valence-electron chi connectivity index (χ3n) is 5.16. The van der Waals surface area contributed by atoms with E-state index in [1.807, 2.05) is 32.4 Å². The van der Waals surface area contributed by atoms with Crippen molar-refractivity contribution in [3.8, 4) is 0 Å². The van der Waals surface area contributed by atoms with E-state index >= 15 is 0 Å². The molecule has 1 aromatic heterocycles. The lowest BCUT2D eigenvalue weighted by molar-refractivity contribution is -0.151. The first-order valence-electron chi connectivity index (χ1n) is 9.38. The van der Waals surface area contributed by atoms with Crippen molar-refractivity contribution in [2.45, 2.75) is 65.8 Å². The lowest BCUT2D eigenvalue weighted by Crippen LogP contribution is -2.47. The summed E-state index contributed by atoms with van der Waals surface area (Å²) in [6, 6.07) is -0.0929. The van der Waals surface area contributed by atoms with Crippen LogP contribution >= 0.6 is 0 Å². The summed E-state index contributed by atoms with van der Waals surface area (Å²) in [5.41, 5.74) is -0.109. The van der Waals surface area contributed by atoms with Crippen LogP contribution in [0.4, 0.5) is 10.5 Å². The molecule has 154 valence electrons. The van der Waals surface area contributed by atoms with Crippen molar-refractivity contribution in [1.29, 1.82) is 0 Å². The first-order chi connectivity index (χ1) is 12.9. The fourth-order valence-corrected chi connectivity index (χ4v) is 3.70. The zero-order valence-corrected chi connectivity index (χ0v) is 17.3. The van der Waals surface area contributed by atoms with Crippen LogP contribution in [0.2, 0.25) is 0 Å². The van der Waals surface area contributed by atoms with Crippen LogP contribution in [-0.4, -0.2) is 57.9 Å². The van der Waals surface area contributed by atoms with E-state index in [0.29, 0.717) is 12.2 Å². The van der Waals surface area contributed by atoms with Crippen LogP contribution in [0.3, 0.4) is 0 Å². The number of rotatable bonds is 2. The van der Waals surface area contributed by atoms with Gasteiger partial charge in [-0.15, -0.1) is 0 Å². The molecule has 0 aromatic carbocycles. The fraction of sp³-hybridized carbons (Fsp3) is 0.684. The molecule has 0 aliphatic carbocycles. The van der Waals surface area contributed by atoms with Gasteiger partial charge in [-0.3, -0.25) is 19.2 Å². The van der Waals surface area contributed by atoms with Crippen molar-refractivity contribution in [1.82, 2.24) is 14.7 Å². The monoisotopic (exact) mass is 392 g/mol. The Morgan fingerprint density at radius 2 is 2.00 bits per heavy atom. The van der Waals surface area contributed by atoms with Gasteiger partial charge in [0.1, 0.15) is 5.60 Å². The number of methoxy groups -OCH3 is 1. The van der Waals surface area contributed by atoms with Crippen LogP contribution in [0, 0.1) is 5.41 Å². The van der Waals surface area contributed by atoms with Gasteiger partial charge in [-0.25, -0.2) is 4.79 Å². The minimum Gasteiger partial charge on any atom is -0.469 e. The Balaban J connectivity index is 1.86.